The minimum Gasteiger partial charge on any atom is -0.481 e. The van der Waals surface area contributed by atoms with E-state index in [4.69, 9.17) is 9.94 Å². The fourth-order valence-electron chi connectivity index (χ4n) is 1.84. The zero-order chi connectivity index (χ0) is 11.3. The molecule has 0 unspecified atom stereocenters. The van der Waals surface area contributed by atoms with E-state index >= 15 is 0 Å². The van der Waals surface area contributed by atoms with Crippen LogP contribution in [0.2, 0.25) is 0 Å². The van der Waals surface area contributed by atoms with Crippen molar-refractivity contribution < 1.29 is 19.5 Å². The van der Waals surface area contributed by atoms with E-state index in [1.807, 2.05) is 0 Å². The van der Waals surface area contributed by atoms with Gasteiger partial charge in [0.1, 0.15) is 6.42 Å². The second-order valence-corrected chi connectivity index (χ2v) is 3.87. The smallest absolute Gasteiger partial charge is 0.336 e. The largest absolute Gasteiger partial charge is 0.481 e. The lowest BCUT2D eigenvalue weighted by Gasteiger charge is -2.29. The van der Waals surface area contributed by atoms with Crippen molar-refractivity contribution in [2.24, 2.45) is 0 Å². The first kappa shape index (κ1) is 12.0. The van der Waals surface area contributed by atoms with Crippen LogP contribution in [0.1, 0.15) is 38.5 Å². The Morgan fingerprint density at radius 3 is 2.47 bits per heavy atom. The van der Waals surface area contributed by atoms with Gasteiger partial charge in [0.15, 0.2) is 0 Å². The molecule has 0 amide bonds. The van der Waals surface area contributed by atoms with Crippen molar-refractivity contribution in [2.45, 2.75) is 44.6 Å². The molecule has 0 spiro atoms. The van der Waals surface area contributed by atoms with E-state index < -0.39 is 18.4 Å². The lowest BCUT2D eigenvalue weighted by molar-refractivity contribution is -0.197. The van der Waals surface area contributed by atoms with Crippen LogP contribution in [0.25, 0.3) is 0 Å². The highest BCUT2D eigenvalue weighted by atomic mass is 16.7. The van der Waals surface area contributed by atoms with Gasteiger partial charge in [0, 0.05) is 13.1 Å². The van der Waals surface area contributed by atoms with Crippen LogP contribution in [0.5, 0.6) is 0 Å². The van der Waals surface area contributed by atoms with Crippen molar-refractivity contribution in [2.75, 3.05) is 7.05 Å². The molecule has 5 nitrogen and oxygen atoms in total. The van der Waals surface area contributed by atoms with Crippen molar-refractivity contribution >= 4 is 11.9 Å². The van der Waals surface area contributed by atoms with Crippen molar-refractivity contribution in [1.29, 1.82) is 0 Å². The molecule has 86 valence electrons. The third-order valence-electron chi connectivity index (χ3n) is 2.63. The Bertz CT molecular complexity index is 236. The van der Waals surface area contributed by atoms with Gasteiger partial charge in [-0.1, -0.05) is 19.3 Å². The second-order valence-electron chi connectivity index (χ2n) is 3.87. The van der Waals surface area contributed by atoms with E-state index in [2.05, 4.69) is 0 Å². The van der Waals surface area contributed by atoms with Gasteiger partial charge in [0.25, 0.3) is 0 Å². The van der Waals surface area contributed by atoms with Gasteiger partial charge in [0.2, 0.25) is 0 Å². The molecule has 0 aromatic heterocycles. The maximum atomic E-state index is 11.1. The van der Waals surface area contributed by atoms with E-state index in [0.29, 0.717) is 0 Å². The van der Waals surface area contributed by atoms with Gasteiger partial charge < -0.3 is 9.94 Å². The normalized spacial score (nSPS) is 17.7. The maximum Gasteiger partial charge on any atom is 0.336 e. The third-order valence-corrected chi connectivity index (χ3v) is 2.63. The molecule has 0 aromatic carbocycles. The summed E-state index contributed by atoms with van der Waals surface area (Å²) in [6.45, 7) is 0. The Hall–Kier alpha value is -1.10. The summed E-state index contributed by atoms with van der Waals surface area (Å²) in [5, 5.41) is 9.89. The number of hydrogen-bond acceptors (Lipinski definition) is 4. The van der Waals surface area contributed by atoms with E-state index in [1.165, 1.54) is 11.5 Å². The second kappa shape index (κ2) is 5.70. The highest BCUT2D eigenvalue weighted by molar-refractivity contribution is 5.89. The Balaban J connectivity index is 2.30. The van der Waals surface area contributed by atoms with E-state index in [0.717, 1.165) is 25.7 Å². The molecule has 5 heteroatoms. The molecule has 15 heavy (non-hydrogen) atoms. The Labute approximate surface area is 89.0 Å². The van der Waals surface area contributed by atoms with Gasteiger partial charge in [-0.3, -0.25) is 4.79 Å². The van der Waals surface area contributed by atoms with E-state index in [9.17, 15) is 9.59 Å². The summed E-state index contributed by atoms with van der Waals surface area (Å²) in [7, 11) is 1.69. The summed E-state index contributed by atoms with van der Waals surface area (Å²) in [5.74, 6) is -1.85. The van der Waals surface area contributed by atoms with Crippen LogP contribution in [-0.2, 0) is 14.4 Å². The topological polar surface area (TPSA) is 66.8 Å². The number of carbonyl (C=O) groups is 2. The predicted molar refractivity (Wildman–Crippen MR) is 53.0 cm³/mol. The Morgan fingerprint density at radius 2 is 1.93 bits per heavy atom. The van der Waals surface area contributed by atoms with Crippen LogP contribution < -0.4 is 0 Å². The quantitative estimate of drug-likeness (QED) is 0.563. The number of carboxylic acids is 1. The predicted octanol–water partition coefficient (Wildman–Crippen LogP) is 1.18. The molecule has 1 saturated carbocycles. The number of hydroxylamine groups is 2. The summed E-state index contributed by atoms with van der Waals surface area (Å²) < 4.78 is 0. The molecule has 0 atom stereocenters. The number of aliphatic carboxylic acids is 1. The highest BCUT2D eigenvalue weighted by Gasteiger charge is 2.21. The van der Waals surface area contributed by atoms with Gasteiger partial charge in [-0.05, 0) is 12.8 Å². The zero-order valence-corrected chi connectivity index (χ0v) is 8.94. The summed E-state index contributed by atoms with van der Waals surface area (Å²) in [5.41, 5.74) is 0. The summed E-state index contributed by atoms with van der Waals surface area (Å²) in [6, 6.07) is 0.247. The molecule has 1 N–H and O–H groups in total. The monoisotopic (exact) mass is 215 g/mol. The molecule has 0 saturated heterocycles. The third kappa shape index (κ3) is 4.29. The van der Waals surface area contributed by atoms with Gasteiger partial charge in [-0.25, -0.2) is 4.79 Å². The molecule has 1 aliphatic carbocycles. The van der Waals surface area contributed by atoms with Gasteiger partial charge in [-0.2, -0.15) is 0 Å². The summed E-state index contributed by atoms with van der Waals surface area (Å²) in [6.07, 6.45) is 4.97. The van der Waals surface area contributed by atoms with Crippen molar-refractivity contribution in [1.82, 2.24) is 5.06 Å². The summed E-state index contributed by atoms with van der Waals surface area (Å²) >= 11 is 0. The van der Waals surface area contributed by atoms with Gasteiger partial charge in [-0.15, -0.1) is 5.06 Å². The zero-order valence-electron chi connectivity index (χ0n) is 8.94. The van der Waals surface area contributed by atoms with Crippen LogP contribution in [0.15, 0.2) is 0 Å². The maximum absolute atomic E-state index is 11.1. The number of rotatable bonds is 4. The first-order valence-corrected chi connectivity index (χ1v) is 5.25. The van der Waals surface area contributed by atoms with Gasteiger partial charge >= 0.3 is 11.9 Å². The molecule has 0 aromatic rings. The standard InChI is InChI=1S/C10H17NO4/c1-11(8-5-3-2-4-6-8)15-10(14)7-9(12)13/h8H,2-7H2,1H3,(H,12,13). The van der Waals surface area contributed by atoms with Gasteiger partial charge in [0.05, 0.1) is 0 Å². The highest BCUT2D eigenvalue weighted by Crippen LogP contribution is 2.21. The number of nitrogens with zero attached hydrogens (tertiary/aromatic N) is 1. The first-order valence-electron chi connectivity index (χ1n) is 5.25. The number of hydrogen-bond donors (Lipinski definition) is 1. The molecule has 0 aliphatic heterocycles. The van der Waals surface area contributed by atoms with Crippen LogP contribution in [0.3, 0.4) is 0 Å². The van der Waals surface area contributed by atoms with E-state index in [1.54, 1.807) is 7.05 Å². The molecule has 0 radical (unpaired) electrons. The Morgan fingerprint density at radius 1 is 1.33 bits per heavy atom. The molecule has 0 bridgehead atoms. The average molecular weight is 215 g/mol. The van der Waals surface area contributed by atoms with E-state index in [-0.39, 0.29) is 6.04 Å². The van der Waals surface area contributed by atoms with Crippen molar-refractivity contribution in [3.05, 3.63) is 0 Å². The SMILES string of the molecule is CN(OC(=O)CC(=O)O)C1CCCCC1. The first-order chi connectivity index (χ1) is 7.09. The molecular formula is C10H17NO4. The van der Waals surface area contributed by atoms with Crippen LogP contribution in [-0.4, -0.2) is 35.2 Å². The van der Waals surface area contributed by atoms with Crippen LogP contribution >= 0.6 is 0 Å². The molecule has 0 heterocycles. The van der Waals surface area contributed by atoms with Crippen LogP contribution in [0.4, 0.5) is 0 Å². The fourth-order valence-corrected chi connectivity index (χ4v) is 1.84. The fraction of sp³-hybridized carbons (Fsp3) is 0.800. The minimum atomic E-state index is -1.16. The lowest BCUT2D eigenvalue weighted by Crippen LogP contribution is -2.35. The Kier molecular flexibility index (Phi) is 4.55. The summed E-state index contributed by atoms with van der Waals surface area (Å²) in [4.78, 5) is 26.2. The molecular weight excluding hydrogens is 198 g/mol. The molecule has 1 rings (SSSR count). The number of carbonyl (C=O) groups excluding carboxylic acids is 1. The lowest BCUT2D eigenvalue weighted by atomic mass is 9.95. The molecule has 1 fully saturated rings. The molecule has 1 aliphatic rings. The minimum absolute atomic E-state index is 0.247. The van der Waals surface area contributed by atoms with Crippen LogP contribution in [0, 0.1) is 0 Å². The van der Waals surface area contributed by atoms with Crippen molar-refractivity contribution in [3.8, 4) is 0 Å². The van der Waals surface area contributed by atoms with Crippen molar-refractivity contribution in [3.63, 3.8) is 0 Å². The number of carboxylic acid groups (broad SMARTS) is 1. The average Bonchev–Trinajstić information content (AvgIpc) is 2.17.